The molecular formula is C11H9N5. The third-order valence-corrected chi connectivity index (χ3v) is 2.34. The maximum Gasteiger partial charge on any atom is 0.223 e. The van der Waals surface area contributed by atoms with Crippen LogP contribution in [-0.2, 0) is 7.05 Å². The fourth-order valence-corrected chi connectivity index (χ4v) is 1.58. The van der Waals surface area contributed by atoms with Crippen LogP contribution in [0.25, 0.3) is 22.4 Å². The van der Waals surface area contributed by atoms with Crippen LogP contribution in [0.3, 0.4) is 0 Å². The number of hydrogen-bond acceptors (Lipinski definition) is 4. The van der Waals surface area contributed by atoms with Gasteiger partial charge in [-0.25, -0.2) is 4.98 Å². The summed E-state index contributed by atoms with van der Waals surface area (Å²) in [5.74, 6) is 0.549. The van der Waals surface area contributed by atoms with Crippen LogP contribution in [-0.4, -0.2) is 25.2 Å². The maximum atomic E-state index is 4.48. The number of fused-ring (bicyclic) bond motifs is 1. The second-order valence-electron chi connectivity index (χ2n) is 3.49. The lowest BCUT2D eigenvalue weighted by atomic mass is 10.2. The molecule has 0 fully saturated rings. The van der Waals surface area contributed by atoms with E-state index in [9.17, 15) is 0 Å². The summed E-state index contributed by atoms with van der Waals surface area (Å²) in [6.45, 7) is 0. The largest absolute Gasteiger partial charge is 0.244 e. The zero-order chi connectivity index (χ0) is 11.0. The standard InChI is InChI=1S/C11H9N5/c1-16-14-11(13-15-16)10-7-6-8-4-2-3-5-9(8)12-10/h2-7H,1H3. The van der Waals surface area contributed by atoms with Crippen molar-refractivity contribution in [2.24, 2.45) is 7.05 Å². The average Bonchev–Trinajstić information content (AvgIpc) is 2.75. The smallest absolute Gasteiger partial charge is 0.223 e. The Morgan fingerprint density at radius 3 is 2.75 bits per heavy atom. The van der Waals surface area contributed by atoms with Gasteiger partial charge < -0.3 is 0 Å². The predicted octanol–water partition coefficient (Wildman–Crippen LogP) is 1.43. The van der Waals surface area contributed by atoms with E-state index in [2.05, 4.69) is 20.4 Å². The van der Waals surface area contributed by atoms with Gasteiger partial charge in [-0.15, -0.1) is 10.2 Å². The number of nitrogens with zero attached hydrogens (tertiary/aromatic N) is 5. The number of aromatic nitrogens is 5. The summed E-state index contributed by atoms with van der Waals surface area (Å²) in [7, 11) is 1.73. The molecule has 3 aromatic rings. The van der Waals surface area contributed by atoms with E-state index >= 15 is 0 Å². The molecule has 0 aliphatic heterocycles. The summed E-state index contributed by atoms with van der Waals surface area (Å²) < 4.78 is 0. The Bertz CT molecular complexity index is 643. The maximum absolute atomic E-state index is 4.48. The highest BCUT2D eigenvalue weighted by Gasteiger charge is 2.06. The lowest BCUT2D eigenvalue weighted by molar-refractivity contribution is 0.630. The molecule has 16 heavy (non-hydrogen) atoms. The highest BCUT2D eigenvalue weighted by molar-refractivity contribution is 5.80. The Hall–Kier alpha value is -2.30. The van der Waals surface area contributed by atoms with E-state index in [0.717, 1.165) is 16.6 Å². The zero-order valence-corrected chi connectivity index (χ0v) is 8.70. The number of tetrazole rings is 1. The van der Waals surface area contributed by atoms with E-state index in [1.54, 1.807) is 7.05 Å². The topological polar surface area (TPSA) is 56.5 Å². The first-order valence-electron chi connectivity index (χ1n) is 4.93. The number of pyridine rings is 1. The Kier molecular flexibility index (Phi) is 1.89. The molecule has 0 spiro atoms. The summed E-state index contributed by atoms with van der Waals surface area (Å²) in [5, 5.41) is 12.9. The third kappa shape index (κ3) is 1.42. The van der Waals surface area contributed by atoms with Crippen LogP contribution >= 0.6 is 0 Å². The van der Waals surface area contributed by atoms with Gasteiger partial charge in [-0.1, -0.05) is 24.3 Å². The van der Waals surface area contributed by atoms with Gasteiger partial charge in [0.15, 0.2) is 0 Å². The first-order valence-corrected chi connectivity index (χ1v) is 4.93. The highest BCUT2D eigenvalue weighted by Crippen LogP contribution is 2.16. The highest BCUT2D eigenvalue weighted by atomic mass is 15.6. The monoisotopic (exact) mass is 211 g/mol. The van der Waals surface area contributed by atoms with E-state index in [1.807, 2.05) is 36.4 Å². The second-order valence-corrected chi connectivity index (χ2v) is 3.49. The van der Waals surface area contributed by atoms with Crippen molar-refractivity contribution in [1.82, 2.24) is 25.2 Å². The number of hydrogen-bond donors (Lipinski definition) is 0. The summed E-state index contributed by atoms with van der Waals surface area (Å²) in [5.41, 5.74) is 1.68. The molecule has 5 heteroatoms. The molecule has 0 saturated carbocycles. The SMILES string of the molecule is Cn1nnc(-c2ccc3ccccc3n2)n1. The fraction of sp³-hybridized carbons (Fsp3) is 0.0909. The second kappa shape index (κ2) is 3.37. The minimum atomic E-state index is 0.549. The van der Waals surface area contributed by atoms with Gasteiger partial charge in [-0.05, 0) is 17.3 Å². The van der Waals surface area contributed by atoms with Gasteiger partial charge in [-0.3, -0.25) is 0 Å². The molecule has 0 radical (unpaired) electrons. The fourth-order valence-electron chi connectivity index (χ4n) is 1.58. The van der Waals surface area contributed by atoms with Gasteiger partial charge in [0.05, 0.1) is 12.6 Å². The molecule has 5 nitrogen and oxygen atoms in total. The first-order chi connectivity index (χ1) is 7.83. The van der Waals surface area contributed by atoms with Gasteiger partial charge in [0.1, 0.15) is 5.69 Å². The summed E-state index contributed by atoms with van der Waals surface area (Å²) >= 11 is 0. The van der Waals surface area contributed by atoms with Crippen LogP contribution in [0.4, 0.5) is 0 Å². The van der Waals surface area contributed by atoms with E-state index in [0.29, 0.717) is 5.82 Å². The molecular weight excluding hydrogens is 202 g/mol. The molecule has 0 N–H and O–H groups in total. The van der Waals surface area contributed by atoms with Crippen molar-refractivity contribution < 1.29 is 0 Å². The van der Waals surface area contributed by atoms with Crippen LogP contribution in [0.5, 0.6) is 0 Å². The van der Waals surface area contributed by atoms with Gasteiger partial charge in [-0.2, -0.15) is 4.80 Å². The van der Waals surface area contributed by atoms with Crippen LogP contribution < -0.4 is 0 Å². The summed E-state index contributed by atoms with van der Waals surface area (Å²) in [4.78, 5) is 5.90. The molecule has 3 rings (SSSR count). The molecule has 0 amide bonds. The molecule has 0 bridgehead atoms. The van der Waals surface area contributed by atoms with E-state index in [1.165, 1.54) is 4.80 Å². The number of aryl methyl sites for hydroxylation is 1. The molecule has 0 aliphatic carbocycles. The normalized spacial score (nSPS) is 10.8. The van der Waals surface area contributed by atoms with E-state index in [-0.39, 0.29) is 0 Å². The number of rotatable bonds is 1. The molecule has 2 aromatic heterocycles. The third-order valence-electron chi connectivity index (χ3n) is 2.34. The van der Waals surface area contributed by atoms with Crippen LogP contribution in [0.15, 0.2) is 36.4 Å². The Balaban J connectivity index is 2.18. The Morgan fingerprint density at radius 1 is 1.06 bits per heavy atom. The quantitative estimate of drug-likeness (QED) is 0.611. The molecule has 0 aliphatic rings. The van der Waals surface area contributed by atoms with Crippen molar-refractivity contribution in [3.05, 3.63) is 36.4 Å². The van der Waals surface area contributed by atoms with Gasteiger partial charge >= 0.3 is 0 Å². The van der Waals surface area contributed by atoms with Crippen molar-refractivity contribution in [2.45, 2.75) is 0 Å². The van der Waals surface area contributed by atoms with Crippen LogP contribution in [0.1, 0.15) is 0 Å². The Labute approximate surface area is 91.7 Å². The van der Waals surface area contributed by atoms with Crippen molar-refractivity contribution in [3.8, 4) is 11.5 Å². The van der Waals surface area contributed by atoms with Gasteiger partial charge in [0.25, 0.3) is 0 Å². The number of benzene rings is 1. The first kappa shape index (κ1) is 8.96. The van der Waals surface area contributed by atoms with Crippen molar-refractivity contribution >= 4 is 10.9 Å². The molecule has 0 unspecified atom stereocenters. The average molecular weight is 211 g/mol. The molecule has 78 valence electrons. The van der Waals surface area contributed by atoms with Crippen molar-refractivity contribution in [2.75, 3.05) is 0 Å². The van der Waals surface area contributed by atoms with Crippen LogP contribution in [0.2, 0.25) is 0 Å². The van der Waals surface area contributed by atoms with Gasteiger partial charge in [0.2, 0.25) is 5.82 Å². The summed E-state index contributed by atoms with van der Waals surface area (Å²) in [6.07, 6.45) is 0. The lowest BCUT2D eigenvalue weighted by Gasteiger charge is -1.98. The zero-order valence-electron chi connectivity index (χ0n) is 8.70. The van der Waals surface area contributed by atoms with Crippen molar-refractivity contribution in [1.29, 1.82) is 0 Å². The van der Waals surface area contributed by atoms with Gasteiger partial charge in [0, 0.05) is 5.39 Å². The molecule has 0 saturated heterocycles. The van der Waals surface area contributed by atoms with E-state index in [4.69, 9.17) is 0 Å². The van der Waals surface area contributed by atoms with E-state index < -0.39 is 0 Å². The molecule has 2 heterocycles. The lowest BCUT2D eigenvalue weighted by Crippen LogP contribution is -1.92. The molecule has 0 atom stereocenters. The predicted molar refractivity (Wildman–Crippen MR) is 59.5 cm³/mol. The molecule has 1 aromatic carbocycles. The minimum absolute atomic E-state index is 0.549. The van der Waals surface area contributed by atoms with Crippen molar-refractivity contribution in [3.63, 3.8) is 0 Å². The van der Waals surface area contributed by atoms with Crippen LogP contribution in [0, 0.1) is 0 Å². The summed E-state index contributed by atoms with van der Waals surface area (Å²) in [6, 6.07) is 11.9. The Morgan fingerprint density at radius 2 is 1.94 bits per heavy atom. The minimum Gasteiger partial charge on any atom is -0.244 e. The number of para-hydroxylation sites is 1.